The van der Waals surface area contributed by atoms with E-state index in [1.54, 1.807) is 0 Å². The standard InChI is InChI=1S/C10H21NO/c1-8(2)10(5)11-6-7-12-9(3)4/h8-9H,6-7H2,1-5H3/b11-10+. The molecule has 0 aliphatic heterocycles. The van der Waals surface area contributed by atoms with Gasteiger partial charge in [0.2, 0.25) is 0 Å². The van der Waals surface area contributed by atoms with E-state index in [9.17, 15) is 0 Å². The molecule has 0 radical (unpaired) electrons. The van der Waals surface area contributed by atoms with E-state index >= 15 is 0 Å². The van der Waals surface area contributed by atoms with Gasteiger partial charge in [-0.2, -0.15) is 0 Å². The molecule has 0 heterocycles. The van der Waals surface area contributed by atoms with Crippen molar-refractivity contribution >= 4 is 5.71 Å². The van der Waals surface area contributed by atoms with Crippen molar-refractivity contribution in [2.45, 2.75) is 40.7 Å². The zero-order valence-electron chi connectivity index (χ0n) is 8.92. The lowest BCUT2D eigenvalue weighted by Gasteiger charge is -2.06. The van der Waals surface area contributed by atoms with Crippen molar-refractivity contribution in [3.8, 4) is 0 Å². The van der Waals surface area contributed by atoms with Crippen LogP contribution in [0.15, 0.2) is 4.99 Å². The Hall–Kier alpha value is -0.370. The van der Waals surface area contributed by atoms with Crippen molar-refractivity contribution in [1.29, 1.82) is 0 Å². The lowest BCUT2D eigenvalue weighted by molar-refractivity contribution is 0.0853. The largest absolute Gasteiger partial charge is 0.377 e. The van der Waals surface area contributed by atoms with E-state index in [1.807, 2.05) is 13.8 Å². The van der Waals surface area contributed by atoms with E-state index in [1.165, 1.54) is 5.71 Å². The molecule has 0 rings (SSSR count). The van der Waals surface area contributed by atoms with Crippen molar-refractivity contribution in [1.82, 2.24) is 0 Å². The molecule has 0 bridgehead atoms. The maximum absolute atomic E-state index is 5.36. The van der Waals surface area contributed by atoms with Crippen LogP contribution in [0, 0.1) is 5.92 Å². The van der Waals surface area contributed by atoms with Crippen LogP contribution in [-0.2, 0) is 4.74 Å². The van der Waals surface area contributed by atoms with Crippen LogP contribution in [0.1, 0.15) is 34.6 Å². The lowest BCUT2D eigenvalue weighted by atomic mass is 10.1. The van der Waals surface area contributed by atoms with Crippen LogP contribution in [0.25, 0.3) is 0 Å². The summed E-state index contributed by atoms with van der Waals surface area (Å²) in [7, 11) is 0. The van der Waals surface area contributed by atoms with Gasteiger partial charge in [-0.05, 0) is 26.7 Å². The minimum absolute atomic E-state index is 0.319. The molecule has 2 heteroatoms. The normalized spacial score (nSPS) is 13.1. The smallest absolute Gasteiger partial charge is 0.0665 e. The number of hydrogen-bond acceptors (Lipinski definition) is 2. The third-order valence-corrected chi connectivity index (χ3v) is 1.74. The number of rotatable bonds is 5. The van der Waals surface area contributed by atoms with Crippen LogP contribution in [-0.4, -0.2) is 25.0 Å². The fourth-order valence-electron chi connectivity index (χ4n) is 0.693. The molecule has 0 atom stereocenters. The molecular formula is C10H21NO. The van der Waals surface area contributed by atoms with E-state index in [0.29, 0.717) is 12.0 Å². The molecule has 2 nitrogen and oxygen atoms in total. The summed E-state index contributed by atoms with van der Waals surface area (Å²) in [5, 5.41) is 0. The second-order valence-electron chi connectivity index (χ2n) is 3.60. The number of ether oxygens (including phenoxy) is 1. The van der Waals surface area contributed by atoms with Gasteiger partial charge in [-0.1, -0.05) is 13.8 Å². The Labute approximate surface area is 76.0 Å². The first kappa shape index (κ1) is 11.6. The Morgan fingerprint density at radius 3 is 2.25 bits per heavy atom. The van der Waals surface area contributed by atoms with Crippen LogP contribution in [0.5, 0.6) is 0 Å². The highest BCUT2D eigenvalue weighted by molar-refractivity contribution is 5.83. The summed E-state index contributed by atoms with van der Waals surface area (Å²) in [6.07, 6.45) is 0.319. The van der Waals surface area contributed by atoms with Crippen LogP contribution >= 0.6 is 0 Å². The molecule has 0 amide bonds. The van der Waals surface area contributed by atoms with Gasteiger partial charge in [0.05, 0.1) is 19.3 Å². The van der Waals surface area contributed by atoms with Gasteiger partial charge in [0.1, 0.15) is 0 Å². The third kappa shape index (κ3) is 6.35. The van der Waals surface area contributed by atoms with Crippen LogP contribution in [0.2, 0.25) is 0 Å². The van der Waals surface area contributed by atoms with Gasteiger partial charge in [-0.15, -0.1) is 0 Å². The highest BCUT2D eigenvalue weighted by Crippen LogP contribution is 1.96. The summed E-state index contributed by atoms with van der Waals surface area (Å²) in [4.78, 5) is 4.39. The van der Waals surface area contributed by atoms with Gasteiger partial charge in [-0.3, -0.25) is 4.99 Å². The SMILES string of the molecule is C/C(=N\CCOC(C)C)C(C)C. The van der Waals surface area contributed by atoms with Crippen LogP contribution in [0.4, 0.5) is 0 Å². The van der Waals surface area contributed by atoms with Crippen LogP contribution in [0.3, 0.4) is 0 Å². The molecule has 0 aliphatic carbocycles. The number of nitrogens with zero attached hydrogens (tertiary/aromatic N) is 1. The summed E-state index contributed by atoms with van der Waals surface area (Å²) in [5.41, 5.74) is 1.21. The zero-order valence-corrected chi connectivity index (χ0v) is 8.92. The second-order valence-corrected chi connectivity index (χ2v) is 3.60. The van der Waals surface area contributed by atoms with Gasteiger partial charge < -0.3 is 4.74 Å². The van der Waals surface area contributed by atoms with Crippen molar-refractivity contribution in [3.05, 3.63) is 0 Å². The zero-order chi connectivity index (χ0) is 9.56. The molecule has 0 saturated carbocycles. The van der Waals surface area contributed by atoms with Crippen molar-refractivity contribution in [3.63, 3.8) is 0 Å². The highest BCUT2D eigenvalue weighted by atomic mass is 16.5. The molecule has 0 fully saturated rings. The van der Waals surface area contributed by atoms with Gasteiger partial charge in [0, 0.05) is 5.71 Å². The summed E-state index contributed by atoms with van der Waals surface area (Å²) in [5.74, 6) is 0.559. The van der Waals surface area contributed by atoms with Gasteiger partial charge >= 0.3 is 0 Å². The molecule has 0 spiro atoms. The van der Waals surface area contributed by atoms with E-state index in [2.05, 4.69) is 25.8 Å². The minimum atomic E-state index is 0.319. The van der Waals surface area contributed by atoms with Gasteiger partial charge in [0.25, 0.3) is 0 Å². The monoisotopic (exact) mass is 171 g/mol. The average molecular weight is 171 g/mol. The molecule has 12 heavy (non-hydrogen) atoms. The molecule has 0 aliphatic rings. The average Bonchev–Trinajstić information content (AvgIpc) is 1.97. The summed E-state index contributed by atoms with van der Waals surface area (Å²) in [6, 6.07) is 0. The quantitative estimate of drug-likeness (QED) is 0.460. The van der Waals surface area contributed by atoms with Crippen molar-refractivity contribution in [2.24, 2.45) is 10.9 Å². The Morgan fingerprint density at radius 2 is 1.83 bits per heavy atom. The van der Waals surface area contributed by atoms with E-state index in [0.717, 1.165) is 13.2 Å². The summed E-state index contributed by atoms with van der Waals surface area (Å²) < 4.78 is 5.36. The maximum atomic E-state index is 5.36. The molecule has 0 saturated heterocycles. The van der Waals surface area contributed by atoms with Crippen molar-refractivity contribution in [2.75, 3.05) is 13.2 Å². The Bertz CT molecular complexity index is 139. The fourth-order valence-corrected chi connectivity index (χ4v) is 0.693. The molecule has 0 aromatic carbocycles. The Morgan fingerprint density at radius 1 is 1.25 bits per heavy atom. The minimum Gasteiger partial charge on any atom is -0.377 e. The van der Waals surface area contributed by atoms with Crippen LogP contribution < -0.4 is 0 Å². The molecule has 0 N–H and O–H groups in total. The number of hydrogen-bond donors (Lipinski definition) is 0. The van der Waals surface area contributed by atoms with E-state index in [-0.39, 0.29) is 0 Å². The summed E-state index contributed by atoms with van der Waals surface area (Å²) >= 11 is 0. The molecule has 0 aromatic rings. The van der Waals surface area contributed by atoms with Crippen molar-refractivity contribution < 1.29 is 4.74 Å². The Kier molecular flexibility index (Phi) is 5.99. The first-order chi connectivity index (χ1) is 5.54. The molecule has 72 valence electrons. The molecular weight excluding hydrogens is 150 g/mol. The highest BCUT2D eigenvalue weighted by Gasteiger charge is 1.96. The first-order valence-electron chi connectivity index (χ1n) is 4.66. The fraction of sp³-hybridized carbons (Fsp3) is 0.900. The maximum Gasteiger partial charge on any atom is 0.0665 e. The topological polar surface area (TPSA) is 21.6 Å². The third-order valence-electron chi connectivity index (χ3n) is 1.74. The molecule has 0 aromatic heterocycles. The molecule has 0 unspecified atom stereocenters. The van der Waals surface area contributed by atoms with E-state index in [4.69, 9.17) is 4.74 Å². The summed E-state index contributed by atoms with van der Waals surface area (Å²) in [6.45, 7) is 12.0. The van der Waals surface area contributed by atoms with Gasteiger partial charge in [-0.25, -0.2) is 0 Å². The predicted octanol–water partition coefficient (Wildman–Crippen LogP) is 2.53. The predicted molar refractivity (Wildman–Crippen MR) is 53.9 cm³/mol. The first-order valence-corrected chi connectivity index (χ1v) is 4.66. The second kappa shape index (κ2) is 6.18. The van der Waals surface area contributed by atoms with E-state index < -0.39 is 0 Å². The Balaban J connectivity index is 3.47. The van der Waals surface area contributed by atoms with Gasteiger partial charge in [0.15, 0.2) is 0 Å². The lowest BCUT2D eigenvalue weighted by Crippen LogP contribution is -2.09. The number of aliphatic imine (C=N–C) groups is 1.